The molecule has 0 atom stereocenters. The van der Waals surface area contributed by atoms with E-state index >= 15 is 0 Å². The number of hydrogen-bond donors (Lipinski definition) is 3. The normalized spacial score (nSPS) is 10.2. The molecule has 2 aromatic heterocycles. The highest BCUT2D eigenvalue weighted by Crippen LogP contribution is 2.14. The molecule has 0 bridgehead atoms. The Balaban J connectivity index is 2.28. The van der Waals surface area contributed by atoms with Gasteiger partial charge in [-0.15, -0.1) is 0 Å². The van der Waals surface area contributed by atoms with Gasteiger partial charge in [0.1, 0.15) is 11.4 Å². The number of aromatic amines is 1. The van der Waals surface area contributed by atoms with Gasteiger partial charge in [-0.05, 0) is 25.5 Å². The minimum atomic E-state index is -0.498. The topological polar surface area (TPSA) is 101 Å². The number of hydrogen-bond acceptors (Lipinski definition) is 4. The van der Waals surface area contributed by atoms with E-state index in [1.54, 1.807) is 19.9 Å². The minimum Gasteiger partial charge on any atom is -0.397 e. The lowest BCUT2D eigenvalue weighted by Crippen LogP contribution is -2.22. The van der Waals surface area contributed by atoms with E-state index in [0.29, 0.717) is 17.2 Å². The quantitative estimate of drug-likeness (QED) is 0.753. The monoisotopic (exact) mass is 258 g/mol. The third-order valence-corrected chi connectivity index (χ3v) is 2.63. The number of amides is 1. The van der Waals surface area contributed by atoms with E-state index < -0.39 is 5.91 Å². The van der Waals surface area contributed by atoms with Crippen LogP contribution in [0.5, 0.6) is 0 Å². The van der Waals surface area contributed by atoms with Gasteiger partial charge in [-0.1, -0.05) is 0 Å². The van der Waals surface area contributed by atoms with Crippen molar-refractivity contribution in [3.63, 3.8) is 0 Å². The molecular weight excluding hydrogens is 244 g/mol. The van der Waals surface area contributed by atoms with E-state index in [0.717, 1.165) is 5.56 Å². The smallest absolute Gasteiger partial charge is 0.262 e. The number of anilines is 2. The van der Waals surface area contributed by atoms with E-state index in [4.69, 9.17) is 5.73 Å². The van der Waals surface area contributed by atoms with Crippen LogP contribution >= 0.6 is 0 Å². The second-order valence-corrected chi connectivity index (χ2v) is 4.28. The summed E-state index contributed by atoms with van der Waals surface area (Å²) in [6.45, 7) is 3.52. The highest BCUT2D eigenvalue weighted by molar-refractivity contribution is 6.03. The van der Waals surface area contributed by atoms with Crippen LogP contribution in [-0.4, -0.2) is 15.9 Å². The summed E-state index contributed by atoms with van der Waals surface area (Å²) in [5.74, 6) is -0.110. The molecule has 0 aliphatic carbocycles. The van der Waals surface area contributed by atoms with Gasteiger partial charge in [-0.25, -0.2) is 4.98 Å². The van der Waals surface area contributed by atoms with Gasteiger partial charge in [0, 0.05) is 18.0 Å². The average Bonchev–Trinajstić information content (AvgIpc) is 2.32. The molecule has 6 heteroatoms. The molecule has 0 aliphatic rings. The first-order valence-electron chi connectivity index (χ1n) is 5.70. The maximum atomic E-state index is 12.0. The Morgan fingerprint density at radius 1 is 1.37 bits per heavy atom. The Hall–Kier alpha value is -2.63. The van der Waals surface area contributed by atoms with Crippen LogP contribution in [0.3, 0.4) is 0 Å². The first-order chi connectivity index (χ1) is 8.97. The highest BCUT2D eigenvalue weighted by atomic mass is 16.2. The number of pyridine rings is 2. The van der Waals surface area contributed by atoms with Crippen LogP contribution < -0.4 is 16.5 Å². The molecule has 0 radical (unpaired) electrons. The standard InChI is InChI=1S/C13H14N4O2/c1-7-3-9(14)5-16-12(7)17-13(19)10-6-15-8(2)4-11(10)18/h3-6H,14H2,1-2H3,(H,15,18)(H,16,17,19). The fourth-order valence-electron chi connectivity index (χ4n) is 1.65. The van der Waals surface area contributed by atoms with Crippen molar-refractivity contribution >= 4 is 17.4 Å². The van der Waals surface area contributed by atoms with E-state index in [9.17, 15) is 9.59 Å². The molecule has 4 N–H and O–H groups in total. The number of H-pyrrole nitrogens is 1. The van der Waals surface area contributed by atoms with Crippen LogP contribution in [0.15, 0.2) is 29.3 Å². The number of nitrogens with zero attached hydrogens (tertiary/aromatic N) is 1. The van der Waals surface area contributed by atoms with Gasteiger partial charge >= 0.3 is 0 Å². The molecule has 0 unspecified atom stereocenters. The van der Waals surface area contributed by atoms with Gasteiger partial charge in [0.2, 0.25) is 0 Å². The third kappa shape index (κ3) is 2.79. The van der Waals surface area contributed by atoms with Crippen molar-refractivity contribution in [2.75, 3.05) is 11.1 Å². The summed E-state index contributed by atoms with van der Waals surface area (Å²) in [5.41, 5.74) is 7.24. The van der Waals surface area contributed by atoms with Gasteiger partial charge in [0.15, 0.2) is 5.43 Å². The highest BCUT2D eigenvalue weighted by Gasteiger charge is 2.12. The van der Waals surface area contributed by atoms with Crippen LogP contribution in [0.1, 0.15) is 21.6 Å². The Morgan fingerprint density at radius 3 is 2.74 bits per heavy atom. The Labute approximate surface area is 109 Å². The lowest BCUT2D eigenvalue weighted by atomic mass is 10.2. The predicted molar refractivity (Wildman–Crippen MR) is 73.1 cm³/mol. The maximum absolute atomic E-state index is 12.0. The summed E-state index contributed by atoms with van der Waals surface area (Å²) in [6, 6.07) is 3.07. The van der Waals surface area contributed by atoms with E-state index in [1.165, 1.54) is 18.5 Å². The number of aromatic nitrogens is 2. The SMILES string of the molecule is Cc1cc(=O)c(C(=O)Nc2ncc(N)cc2C)c[nH]1. The van der Waals surface area contributed by atoms with Crippen LogP contribution in [0.25, 0.3) is 0 Å². The molecule has 2 rings (SSSR count). The first-order valence-corrected chi connectivity index (χ1v) is 5.70. The molecule has 0 saturated heterocycles. The summed E-state index contributed by atoms with van der Waals surface area (Å²) in [4.78, 5) is 30.5. The number of aryl methyl sites for hydroxylation is 2. The Morgan fingerprint density at radius 2 is 2.11 bits per heavy atom. The minimum absolute atomic E-state index is 0.0450. The lowest BCUT2D eigenvalue weighted by molar-refractivity contribution is 0.102. The summed E-state index contributed by atoms with van der Waals surface area (Å²) in [7, 11) is 0. The summed E-state index contributed by atoms with van der Waals surface area (Å²) < 4.78 is 0. The molecule has 0 saturated carbocycles. The molecule has 0 aliphatic heterocycles. The first kappa shape index (κ1) is 12.8. The van der Waals surface area contributed by atoms with Crippen molar-refractivity contribution in [3.8, 4) is 0 Å². The molecule has 2 heterocycles. The lowest BCUT2D eigenvalue weighted by Gasteiger charge is -2.07. The zero-order valence-corrected chi connectivity index (χ0v) is 10.7. The third-order valence-electron chi connectivity index (χ3n) is 2.63. The number of nitrogen functional groups attached to an aromatic ring is 1. The zero-order chi connectivity index (χ0) is 14.0. The molecule has 1 amide bonds. The van der Waals surface area contributed by atoms with Crippen molar-refractivity contribution in [1.29, 1.82) is 0 Å². The summed E-state index contributed by atoms with van der Waals surface area (Å²) in [5, 5.41) is 2.59. The van der Waals surface area contributed by atoms with Crippen molar-refractivity contribution in [3.05, 3.63) is 51.6 Å². The molecule has 0 aromatic carbocycles. The number of carbonyl (C=O) groups excluding carboxylic acids is 1. The molecular formula is C13H14N4O2. The van der Waals surface area contributed by atoms with Crippen LogP contribution in [0.2, 0.25) is 0 Å². The summed E-state index contributed by atoms with van der Waals surface area (Å²) >= 11 is 0. The second kappa shape index (κ2) is 4.93. The van der Waals surface area contributed by atoms with Crippen LogP contribution in [-0.2, 0) is 0 Å². The number of nitrogens with two attached hydrogens (primary N) is 1. The van der Waals surface area contributed by atoms with Crippen molar-refractivity contribution in [2.45, 2.75) is 13.8 Å². The van der Waals surface area contributed by atoms with Gasteiger partial charge in [-0.2, -0.15) is 0 Å². The van der Waals surface area contributed by atoms with Gasteiger partial charge in [0.05, 0.1) is 11.9 Å². The second-order valence-electron chi connectivity index (χ2n) is 4.28. The van der Waals surface area contributed by atoms with Crippen molar-refractivity contribution < 1.29 is 4.79 Å². The van der Waals surface area contributed by atoms with Gasteiger partial charge in [-0.3, -0.25) is 9.59 Å². The number of carbonyl (C=O) groups is 1. The Bertz CT molecular complexity index is 691. The van der Waals surface area contributed by atoms with Gasteiger partial charge < -0.3 is 16.0 Å². The number of nitrogens with one attached hydrogen (secondary N) is 2. The maximum Gasteiger partial charge on any atom is 0.262 e. The molecule has 6 nitrogen and oxygen atoms in total. The average molecular weight is 258 g/mol. The van der Waals surface area contributed by atoms with E-state index in [1.807, 2.05) is 0 Å². The zero-order valence-electron chi connectivity index (χ0n) is 10.7. The van der Waals surface area contributed by atoms with Crippen LogP contribution in [0.4, 0.5) is 11.5 Å². The molecule has 98 valence electrons. The molecule has 0 fully saturated rings. The predicted octanol–water partition coefficient (Wildman–Crippen LogP) is 1.22. The van der Waals surface area contributed by atoms with Crippen molar-refractivity contribution in [1.82, 2.24) is 9.97 Å². The fraction of sp³-hybridized carbons (Fsp3) is 0.154. The van der Waals surface area contributed by atoms with Gasteiger partial charge in [0.25, 0.3) is 5.91 Å². The largest absolute Gasteiger partial charge is 0.397 e. The molecule has 0 spiro atoms. The molecule has 19 heavy (non-hydrogen) atoms. The van der Waals surface area contributed by atoms with E-state index in [-0.39, 0.29) is 11.0 Å². The van der Waals surface area contributed by atoms with E-state index in [2.05, 4.69) is 15.3 Å². The fourth-order valence-corrected chi connectivity index (χ4v) is 1.65. The molecule has 2 aromatic rings. The Kier molecular flexibility index (Phi) is 3.33. The van der Waals surface area contributed by atoms with Crippen molar-refractivity contribution in [2.24, 2.45) is 0 Å². The summed E-state index contributed by atoms with van der Waals surface area (Å²) in [6.07, 6.45) is 2.83. The number of rotatable bonds is 2. The van der Waals surface area contributed by atoms with Crippen LogP contribution in [0, 0.1) is 13.8 Å².